The van der Waals surface area contributed by atoms with E-state index >= 15 is 0 Å². The second-order valence-corrected chi connectivity index (χ2v) is 5.60. The average molecular weight is 333 g/mol. The summed E-state index contributed by atoms with van der Waals surface area (Å²) in [4.78, 5) is 24.4. The number of carbonyl (C=O) groups excluding carboxylic acids is 1. The Morgan fingerprint density at radius 3 is 2.56 bits per heavy atom. The van der Waals surface area contributed by atoms with Gasteiger partial charge in [0, 0.05) is 23.6 Å². The first kappa shape index (κ1) is 16.6. The molecule has 126 valence electrons. The van der Waals surface area contributed by atoms with E-state index in [1.54, 1.807) is 6.20 Å². The molecule has 0 fully saturated rings. The van der Waals surface area contributed by atoms with E-state index in [0.717, 1.165) is 29.1 Å². The fourth-order valence-corrected chi connectivity index (χ4v) is 2.41. The van der Waals surface area contributed by atoms with Crippen LogP contribution in [0.25, 0.3) is 11.5 Å². The second-order valence-electron chi connectivity index (χ2n) is 5.60. The van der Waals surface area contributed by atoms with Crippen LogP contribution in [0.2, 0.25) is 0 Å². The second kappa shape index (κ2) is 7.53. The van der Waals surface area contributed by atoms with Crippen LogP contribution in [0.3, 0.4) is 0 Å². The fraction of sp³-hybridized carbons (Fsp3) is 0.158. The number of hydrogen-bond acceptors (Lipinski definition) is 5. The molecule has 0 saturated heterocycles. The number of rotatable bonds is 6. The topological polar surface area (TPSA) is 93.8 Å². The summed E-state index contributed by atoms with van der Waals surface area (Å²) < 4.78 is 0. The van der Waals surface area contributed by atoms with Crippen molar-refractivity contribution in [2.75, 3.05) is 5.32 Å². The van der Waals surface area contributed by atoms with Crippen LogP contribution in [-0.4, -0.2) is 20.9 Å². The van der Waals surface area contributed by atoms with Crippen molar-refractivity contribution in [3.8, 4) is 11.5 Å². The Labute approximate surface area is 146 Å². The molecule has 0 atom stereocenters. The molecule has 2 heterocycles. The molecule has 0 saturated carbocycles. The number of carbonyl (C=O) groups is 1. The predicted molar refractivity (Wildman–Crippen MR) is 97.3 cm³/mol. The van der Waals surface area contributed by atoms with Gasteiger partial charge in [-0.25, -0.2) is 9.97 Å². The standard InChI is InChI=1S/C19H19N5O/c1-2-14-12-18(24-19(23-14)16-5-3-4-10-21-16)22-15-8-6-13(7-9-15)11-17(20)25/h3-10,12H,2,11H2,1H3,(H2,20,25)(H,22,23,24). The minimum atomic E-state index is -0.343. The molecule has 0 aliphatic carbocycles. The number of pyridine rings is 1. The van der Waals surface area contributed by atoms with Gasteiger partial charge in [-0.1, -0.05) is 25.1 Å². The van der Waals surface area contributed by atoms with Crippen molar-refractivity contribution in [3.63, 3.8) is 0 Å². The van der Waals surface area contributed by atoms with Crippen LogP contribution in [-0.2, 0) is 17.6 Å². The van der Waals surface area contributed by atoms with Crippen molar-refractivity contribution in [2.24, 2.45) is 5.73 Å². The van der Waals surface area contributed by atoms with Crippen molar-refractivity contribution >= 4 is 17.4 Å². The molecule has 6 nitrogen and oxygen atoms in total. The van der Waals surface area contributed by atoms with E-state index in [9.17, 15) is 4.79 Å². The van der Waals surface area contributed by atoms with E-state index < -0.39 is 0 Å². The lowest BCUT2D eigenvalue weighted by Crippen LogP contribution is -2.13. The third kappa shape index (κ3) is 4.38. The van der Waals surface area contributed by atoms with Crippen molar-refractivity contribution in [1.29, 1.82) is 0 Å². The third-order valence-electron chi connectivity index (χ3n) is 3.64. The molecule has 1 amide bonds. The average Bonchev–Trinajstić information content (AvgIpc) is 2.63. The molecule has 0 bridgehead atoms. The van der Waals surface area contributed by atoms with Gasteiger partial charge >= 0.3 is 0 Å². The highest BCUT2D eigenvalue weighted by Crippen LogP contribution is 2.20. The van der Waals surface area contributed by atoms with Crippen LogP contribution < -0.4 is 11.1 Å². The summed E-state index contributed by atoms with van der Waals surface area (Å²) >= 11 is 0. The molecule has 1 aromatic carbocycles. The monoisotopic (exact) mass is 333 g/mol. The van der Waals surface area contributed by atoms with E-state index in [1.807, 2.05) is 55.5 Å². The molecule has 2 aromatic heterocycles. The highest BCUT2D eigenvalue weighted by Gasteiger charge is 2.08. The molecular weight excluding hydrogens is 314 g/mol. The summed E-state index contributed by atoms with van der Waals surface area (Å²) in [6.45, 7) is 2.05. The molecule has 0 radical (unpaired) electrons. The summed E-state index contributed by atoms with van der Waals surface area (Å²) in [5, 5.41) is 3.27. The zero-order valence-electron chi connectivity index (χ0n) is 13.9. The summed E-state index contributed by atoms with van der Waals surface area (Å²) in [6, 6.07) is 15.1. The molecule has 0 aliphatic rings. The Morgan fingerprint density at radius 1 is 1.12 bits per heavy atom. The van der Waals surface area contributed by atoms with Crippen LogP contribution in [0.5, 0.6) is 0 Å². The van der Waals surface area contributed by atoms with E-state index in [2.05, 4.69) is 20.3 Å². The van der Waals surface area contributed by atoms with Crippen LogP contribution in [0.1, 0.15) is 18.2 Å². The van der Waals surface area contributed by atoms with E-state index in [-0.39, 0.29) is 12.3 Å². The van der Waals surface area contributed by atoms with Crippen LogP contribution in [0.15, 0.2) is 54.7 Å². The molecule has 0 spiro atoms. The van der Waals surface area contributed by atoms with Gasteiger partial charge in [0.2, 0.25) is 5.91 Å². The molecule has 3 rings (SSSR count). The molecular formula is C19H19N5O. The quantitative estimate of drug-likeness (QED) is 0.723. The normalized spacial score (nSPS) is 10.4. The predicted octanol–water partition coefficient (Wildman–Crippen LogP) is 2.87. The van der Waals surface area contributed by atoms with Crippen molar-refractivity contribution in [2.45, 2.75) is 19.8 Å². The molecule has 25 heavy (non-hydrogen) atoms. The van der Waals surface area contributed by atoms with Crippen LogP contribution in [0.4, 0.5) is 11.5 Å². The summed E-state index contributed by atoms with van der Waals surface area (Å²) in [5.74, 6) is 0.951. The van der Waals surface area contributed by atoms with Crippen molar-refractivity contribution < 1.29 is 4.79 Å². The molecule has 6 heteroatoms. The Balaban J connectivity index is 1.85. The van der Waals surface area contributed by atoms with Gasteiger partial charge in [0.05, 0.1) is 6.42 Å². The number of benzene rings is 1. The zero-order chi connectivity index (χ0) is 17.6. The Hall–Kier alpha value is -3.28. The van der Waals surface area contributed by atoms with Gasteiger partial charge in [-0.05, 0) is 36.2 Å². The fourth-order valence-electron chi connectivity index (χ4n) is 2.41. The largest absolute Gasteiger partial charge is 0.369 e. The highest BCUT2D eigenvalue weighted by atomic mass is 16.1. The number of primary amides is 1. The number of nitrogens with zero attached hydrogens (tertiary/aromatic N) is 3. The van der Waals surface area contributed by atoms with E-state index in [0.29, 0.717) is 11.6 Å². The molecule has 0 unspecified atom stereocenters. The first-order chi connectivity index (χ1) is 12.1. The molecule has 0 aliphatic heterocycles. The van der Waals surface area contributed by atoms with E-state index in [4.69, 9.17) is 5.73 Å². The Kier molecular flexibility index (Phi) is 4.99. The molecule has 3 N–H and O–H groups in total. The number of amides is 1. The summed E-state index contributed by atoms with van der Waals surface area (Å²) in [7, 11) is 0. The minimum absolute atomic E-state index is 0.234. The van der Waals surface area contributed by atoms with Crippen molar-refractivity contribution in [3.05, 3.63) is 66.0 Å². The zero-order valence-corrected chi connectivity index (χ0v) is 13.9. The Morgan fingerprint density at radius 2 is 1.92 bits per heavy atom. The van der Waals surface area contributed by atoms with Crippen LogP contribution >= 0.6 is 0 Å². The lowest BCUT2D eigenvalue weighted by atomic mass is 10.1. The maximum Gasteiger partial charge on any atom is 0.221 e. The first-order valence-corrected chi connectivity index (χ1v) is 8.07. The maximum atomic E-state index is 11.0. The minimum Gasteiger partial charge on any atom is -0.369 e. The lowest BCUT2D eigenvalue weighted by Gasteiger charge is -2.10. The number of anilines is 2. The van der Waals surface area contributed by atoms with Gasteiger partial charge in [-0.15, -0.1) is 0 Å². The summed E-state index contributed by atoms with van der Waals surface area (Å²) in [5.41, 5.74) is 8.64. The number of hydrogen-bond donors (Lipinski definition) is 2. The van der Waals surface area contributed by atoms with Gasteiger partial charge in [0.25, 0.3) is 0 Å². The third-order valence-corrected chi connectivity index (χ3v) is 3.64. The van der Waals surface area contributed by atoms with Crippen LogP contribution in [0, 0.1) is 0 Å². The number of aryl methyl sites for hydroxylation is 1. The van der Waals surface area contributed by atoms with Gasteiger partial charge in [0.15, 0.2) is 5.82 Å². The van der Waals surface area contributed by atoms with Gasteiger partial charge in [-0.2, -0.15) is 0 Å². The lowest BCUT2D eigenvalue weighted by molar-refractivity contribution is -0.117. The smallest absolute Gasteiger partial charge is 0.221 e. The molecule has 3 aromatic rings. The first-order valence-electron chi connectivity index (χ1n) is 8.07. The van der Waals surface area contributed by atoms with Gasteiger partial charge in [0.1, 0.15) is 11.5 Å². The summed E-state index contributed by atoms with van der Waals surface area (Å²) in [6.07, 6.45) is 2.76. The number of nitrogens with two attached hydrogens (primary N) is 1. The van der Waals surface area contributed by atoms with Gasteiger partial charge < -0.3 is 11.1 Å². The van der Waals surface area contributed by atoms with Gasteiger partial charge in [-0.3, -0.25) is 9.78 Å². The number of aromatic nitrogens is 3. The van der Waals surface area contributed by atoms with Crippen molar-refractivity contribution in [1.82, 2.24) is 15.0 Å². The Bertz CT molecular complexity index is 863. The SMILES string of the molecule is CCc1cc(Nc2ccc(CC(N)=O)cc2)nc(-c2ccccn2)n1. The highest BCUT2D eigenvalue weighted by molar-refractivity contribution is 5.76. The van der Waals surface area contributed by atoms with E-state index in [1.165, 1.54) is 0 Å². The number of nitrogens with one attached hydrogen (secondary N) is 1. The maximum absolute atomic E-state index is 11.0.